The molecule has 5 heteroatoms. The molecule has 0 atom stereocenters. The Hall–Kier alpha value is -3.08. The van der Waals surface area contributed by atoms with Crippen molar-refractivity contribution in [3.8, 4) is 17.0 Å². The zero-order valence-corrected chi connectivity index (χ0v) is 15.5. The van der Waals surface area contributed by atoms with Crippen LogP contribution in [0.2, 0.25) is 0 Å². The first kappa shape index (κ1) is 16.4. The van der Waals surface area contributed by atoms with Crippen LogP contribution in [0.5, 0.6) is 5.88 Å². The van der Waals surface area contributed by atoms with Crippen LogP contribution in [0.1, 0.15) is 16.7 Å². The number of pyridine rings is 2. The van der Waals surface area contributed by atoms with Gasteiger partial charge in [-0.1, -0.05) is 0 Å². The highest BCUT2D eigenvalue weighted by Gasteiger charge is 2.21. The first-order valence-electron chi connectivity index (χ1n) is 8.45. The third-order valence-corrected chi connectivity index (χ3v) is 5.10. The fraction of sp³-hybridized carbons (Fsp3) is 0.238. The fourth-order valence-electron chi connectivity index (χ4n) is 3.82. The maximum Gasteiger partial charge on any atom is 0.254 e. The number of aromatic nitrogens is 2. The number of rotatable bonds is 2. The van der Waals surface area contributed by atoms with E-state index in [9.17, 15) is 4.79 Å². The Morgan fingerprint density at radius 2 is 1.92 bits per heavy atom. The molecule has 5 nitrogen and oxygen atoms in total. The summed E-state index contributed by atoms with van der Waals surface area (Å²) in [5, 5.41) is 2.04. The standard InChI is InChI=1S/C21H20N2O3/c1-11-10-26-19-13(3)18-16(9-15(11)19)17(12(2)21(24)23(18)4)14-7-6-8-22-20(14)25-5/h6-10H,1-5H3. The van der Waals surface area contributed by atoms with Gasteiger partial charge in [0, 0.05) is 46.3 Å². The maximum atomic E-state index is 12.9. The normalized spacial score (nSPS) is 11.4. The van der Waals surface area contributed by atoms with Gasteiger partial charge in [-0.3, -0.25) is 4.79 Å². The first-order valence-corrected chi connectivity index (χ1v) is 8.45. The van der Waals surface area contributed by atoms with Crippen molar-refractivity contribution in [2.24, 2.45) is 7.05 Å². The summed E-state index contributed by atoms with van der Waals surface area (Å²) < 4.78 is 12.9. The molecule has 0 radical (unpaired) electrons. The monoisotopic (exact) mass is 348 g/mol. The Morgan fingerprint density at radius 1 is 1.15 bits per heavy atom. The van der Waals surface area contributed by atoms with E-state index in [1.165, 1.54) is 0 Å². The van der Waals surface area contributed by atoms with Gasteiger partial charge in [-0.05, 0) is 44.5 Å². The number of nitrogens with zero attached hydrogens (tertiary/aromatic N) is 2. The molecule has 1 aromatic carbocycles. The quantitative estimate of drug-likeness (QED) is 0.542. The first-order chi connectivity index (χ1) is 12.5. The SMILES string of the molecule is COc1ncccc1-c1c(C)c(=O)n(C)c2c(C)c3occ(C)c3cc12. The predicted octanol–water partition coefficient (Wildman–Crippen LogP) is 4.28. The number of hydrogen-bond donors (Lipinski definition) is 0. The molecule has 0 N–H and O–H groups in total. The van der Waals surface area contributed by atoms with E-state index in [0.29, 0.717) is 11.4 Å². The molecule has 26 heavy (non-hydrogen) atoms. The Kier molecular flexibility index (Phi) is 3.61. The molecule has 0 unspecified atom stereocenters. The molecule has 0 bridgehead atoms. The average molecular weight is 348 g/mol. The van der Waals surface area contributed by atoms with Crippen LogP contribution in [-0.4, -0.2) is 16.7 Å². The van der Waals surface area contributed by atoms with Crippen LogP contribution in [0.25, 0.3) is 33.0 Å². The summed E-state index contributed by atoms with van der Waals surface area (Å²) in [5.41, 5.74) is 6.01. The van der Waals surface area contributed by atoms with Gasteiger partial charge in [0.1, 0.15) is 5.58 Å². The van der Waals surface area contributed by atoms with E-state index in [0.717, 1.165) is 44.1 Å². The van der Waals surface area contributed by atoms with E-state index in [1.54, 1.807) is 31.2 Å². The second-order valence-electron chi connectivity index (χ2n) is 6.62. The molecule has 0 aliphatic rings. The third-order valence-electron chi connectivity index (χ3n) is 5.10. The van der Waals surface area contributed by atoms with Gasteiger partial charge < -0.3 is 13.7 Å². The van der Waals surface area contributed by atoms with Crippen molar-refractivity contribution in [1.82, 2.24) is 9.55 Å². The minimum Gasteiger partial charge on any atom is -0.481 e. The molecule has 4 aromatic rings. The lowest BCUT2D eigenvalue weighted by Crippen LogP contribution is -2.21. The number of hydrogen-bond acceptors (Lipinski definition) is 4. The van der Waals surface area contributed by atoms with Gasteiger partial charge in [0.25, 0.3) is 5.56 Å². The van der Waals surface area contributed by atoms with Gasteiger partial charge >= 0.3 is 0 Å². The van der Waals surface area contributed by atoms with Crippen LogP contribution in [0.4, 0.5) is 0 Å². The molecular weight excluding hydrogens is 328 g/mol. The molecule has 0 aliphatic carbocycles. The summed E-state index contributed by atoms with van der Waals surface area (Å²) in [6.45, 7) is 5.87. The highest BCUT2D eigenvalue weighted by Crippen LogP contribution is 2.39. The molecule has 3 aromatic heterocycles. The van der Waals surface area contributed by atoms with Gasteiger partial charge in [-0.15, -0.1) is 0 Å². The van der Waals surface area contributed by atoms with Crippen molar-refractivity contribution in [1.29, 1.82) is 0 Å². The minimum absolute atomic E-state index is 0.0378. The summed E-state index contributed by atoms with van der Waals surface area (Å²) in [7, 11) is 3.39. The van der Waals surface area contributed by atoms with Crippen LogP contribution < -0.4 is 10.3 Å². The summed E-state index contributed by atoms with van der Waals surface area (Å²) >= 11 is 0. The van der Waals surface area contributed by atoms with Crippen LogP contribution in [0.3, 0.4) is 0 Å². The van der Waals surface area contributed by atoms with Crippen molar-refractivity contribution in [3.63, 3.8) is 0 Å². The molecular formula is C21H20N2O3. The fourth-order valence-corrected chi connectivity index (χ4v) is 3.82. The lowest BCUT2D eigenvalue weighted by molar-refractivity contribution is 0.399. The lowest BCUT2D eigenvalue weighted by Gasteiger charge is -2.17. The van der Waals surface area contributed by atoms with Gasteiger partial charge in [0.2, 0.25) is 5.88 Å². The Balaban J connectivity index is 2.30. The largest absolute Gasteiger partial charge is 0.481 e. The number of benzene rings is 1. The van der Waals surface area contributed by atoms with Gasteiger partial charge in [0.15, 0.2) is 0 Å². The van der Waals surface area contributed by atoms with E-state index in [2.05, 4.69) is 11.1 Å². The van der Waals surface area contributed by atoms with Gasteiger partial charge in [-0.25, -0.2) is 4.98 Å². The summed E-state index contributed by atoms with van der Waals surface area (Å²) in [6.07, 6.45) is 3.44. The molecule has 3 heterocycles. The molecule has 0 aliphatic heterocycles. The molecule has 132 valence electrons. The molecule has 0 amide bonds. The van der Waals surface area contributed by atoms with Crippen LogP contribution >= 0.6 is 0 Å². The number of aryl methyl sites for hydroxylation is 3. The van der Waals surface area contributed by atoms with Gasteiger partial charge in [0.05, 0.1) is 18.9 Å². The Morgan fingerprint density at radius 3 is 2.65 bits per heavy atom. The third kappa shape index (κ3) is 2.10. The highest BCUT2D eigenvalue weighted by atomic mass is 16.5. The second kappa shape index (κ2) is 5.73. The van der Waals surface area contributed by atoms with Crippen LogP contribution in [-0.2, 0) is 7.05 Å². The van der Waals surface area contributed by atoms with Gasteiger partial charge in [-0.2, -0.15) is 0 Å². The molecule has 4 rings (SSSR count). The highest BCUT2D eigenvalue weighted by molar-refractivity contribution is 6.06. The predicted molar refractivity (Wildman–Crippen MR) is 103 cm³/mol. The Bertz CT molecular complexity index is 1230. The zero-order chi connectivity index (χ0) is 18.6. The Labute approximate surface area is 150 Å². The van der Waals surface area contributed by atoms with E-state index >= 15 is 0 Å². The van der Waals surface area contributed by atoms with Crippen molar-refractivity contribution in [2.45, 2.75) is 20.8 Å². The molecule has 0 saturated carbocycles. The topological polar surface area (TPSA) is 57.3 Å². The summed E-state index contributed by atoms with van der Waals surface area (Å²) in [5.74, 6) is 0.506. The average Bonchev–Trinajstić information content (AvgIpc) is 3.01. The van der Waals surface area contributed by atoms with Crippen molar-refractivity contribution in [3.05, 3.63) is 57.7 Å². The number of fused-ring (bicyclic) bond motifs is 2. The molecule has 0 saturated heterocycles. The summed E-state index contributed by atoms with van der Waals surface area (Å²) in [4.78, 5) is 17.3. The summed E-state index contributed by atoms with van der Waals surface area (Å²) in [6, 6.07) is 5.90. The van der Waals surface area contributed by atoms with E-state index in [-0.39, 0.29) is 5.56 Å². The van der Waals surface area contributed by atoms with Crippen LogP contribution in [0.15, 0.2) is 39.9 Å². The number of ether oxygens (including phenoxy) is 1. The maximum absolute atomic E-state index is 12.9. The lowest BCUT2D eigenvalue weighted by atomic mass is 9.94. The van der Waals surface area contributed by atoms with E-state index in [4.69, 9.17) is 9.15 Å². The number of methoxy groups -OCH3 is 1. The van der Waals surface area contributed by atoms with E-state index < -0.39 is 0 Å². The van der Waals surface area contributed by atoms with Crippen molar-refractivity contribution < 1.29 is 9.15 Å². The molecule has 0 fully saturated rings. The van der Waals surface area contributed by atoms with Crippen LogP contribution in [0, 0.1) is 20.8 Å². The molecule has 0 spiro atoms. The van der Waals surface area contributed by atoms with E-state index in [1.807, 2.05) is 32.9 Å². The number of furan rings is 1. The minimum atomic E-state index is -0.0378. The second-order valence-corrected chi connectivity index (χ2v) is 6.62. The smallest absolute Gasteiger partial charge is 0.254 e. The van der Waals surface area contributed by atoms with Crippen molar-refractivity contribution >= 4 is 21.9 Å². The van der Waals surface area contributed by atoms with Crippen molar-refractivity contribution in [2.75, 3.05) is 7.11 Å². The zero-order valence-electron chi connectivity index (χ0n) is 15.5.